The van der Waals surface area contributed by atoms with Gasteiger partial charge in [0.25, 0.3) is 5.91 Å². The highest BCUT2D eigenvalue weighted by molar-refractivity contribution is 6.24. The van der Waals surface area contributed by atoms with Crippen molar-refractivity contribution in [3.8, 4) is 0 Å². The van der Waals surface area contributed by atoms with Crippen molar-refractivity contribution >= 4 is 23.2 Å². The first-order valence-electron chi connectivity index (χ1n) is 4.88. The number of rotatable bonds is 2. The van der Waals surface area contributed by atoms with Gasteiger partial charge in [-0.05, 0) is 6.42 Å². The summed E-state index contributed by atoms with van der Waals surface area (Å²) in [7, 11) is 1.79. The van der Waals surface area contributed by atoms with Gasteiger partial charge < -0.3 is 10.2 Å². The number of aromatic nitrogens is 2. The van der Waals surface area contributed by atoms with Crippen molar-refractivity contribution in [3.05, 3.63) is 11.9 Å². The van der Waals surface area contributed by atoms with Gasteiger partial charge in [0.05, 0.1) is 5.69 Å². The number of carbonyl (C=O) groups excluding carboxylic acids is 1. The van der Waals surface area contributed by atoms with Crippen LogP contribution in [0.3, 0.4) is 0 Å². The second kappa shape index (κ2) is 3.73. The second-order valence-corrected chi connectivity index (χ2v) is 3.95. The van der Waals surface area contributed by atoms with E-state index < -0.39 is 5.62 Å². The Morgan fingerprint density at radius 3 is 3.07 bits per heavy atom. The van der Waals surface area contributed by atoms with Crippen molar-refractivity contribution in [2.24, 2.45) is 7.05 Å². The number of anilines is 1. The Labute approximate surface area is 93.0 Å². The maximum atomic E-state index is 11.6. The first-order chi connectivity index (χ1) is 7.13. The molecule has 1 aromatic heterocycles. The number of hydrogen-bond donors (Lipinski definition) is 1. The van der Waals surface area contributed by atoms with Gasteiger partial charge in [-0.1, -0.05) is 18.5 Å². The molecule has 1 aliphatic rings. The third-order valence-corrected chi connectivity index (χ3v) is 2.67. The van der Waals surface area contributed by atoms with Crippen LogP contribution < -0.4 is 10.2 Å². The number of carbonyl (C=O) groups is 1. The normalized spacial score (nSPS) is 20.1. The van der Waals surface area contributed by atoms with E-state index in [1.54, 1.807) is 11.7 Å². The topological polar surface area (TPSA) is 50.2 Å². The van der Waals surface area contributed by atoms with Crippen LogP contribution in [-0.2, 0) is 7.05 Å². The maximum Gasteiger partial charge on any atom is 0.276 e. The number of fused-ring (bicyclic) bond motifs is 1. The van der Waals surface area contributed by atoms with Crippen LogP contribution in [0.15, 0.2) is 6.20 Å². The number of amides is 1. The first kappa shape index (κ1) is 10.3. The van der Waals surface area contributed by atoms with Crippen LogP contribution in [0.1, 0.15) is 23.8 Å². The fourth-order valence-corrected chi connectivity index (χ4v) is 2.00. The Kier molecular flexibility index (Phi) is 2.56. The molecule has 6 heteroatoms. The van der Waals surface area contributed by atoms with E-state index in [2.05, 4.69) is 17.3 Å². The van der Waals surface area contributed by atoms with Gasteiger partial charge in [0.15, 0.2) is 11.3 Å². The summed E-state index contributed by atoms with van der Waals surface area (Å²) < 4.78 is 1.63. The minimum Gasteiger partial charge on any atom is -0.335 e. The van der Waals surface area contributed by atoms with E-state index in [-0.39, 0.29) is 5.91 Å². The Hall–Kier alpha value is -1.23. The Morgan fingerprint density at radius 2 is 2.40 bits per heavy atom. The zero-order chi connectivity index (χ0) is 11.0. The number of halogens is 1. The zero-order valence-electron chi connectivity index (χ0n) is 8.70. The lowest BCUT2D eigenvalue weighted by molar-refractivity contribution is 0.0935. The molecule has 2 heterocycles. The fourth-order valence-electron chi connectivity index (χ4n) is 1.70. The van der Waals surface area contributed by atoms with Crippen LogP contribution in [0.25, 0.3) is 0 Å². The van der Waals surface area contributed by atoms with Crippen molar-refractivity contribution in [2.75, 3.05) is 11.4 Å². The summed E-state index contributed by atoms with van der Waals surface area (Å²) in [4.78, 5) is 13.5. The predicted octanol–water partition coefficient (Wildman–Crippen LogP) is 0.902. The van der Waals surface area contributed by atoms with Crippen LogP contribution in [0.5, 0.6) is 0 Å². The van der Waals surface area contributed by atoms with E-state index >= 15 is 0 Å². The van der Waals surface area contributed by atoms with E-state index in [1.165, 1.54) is 0 Å². The minimum atomic E-state index is -0.478. The molecule has 15 heavy (non-hydrogen) atoms. The van der Waals surface area contributed by atoms with Crippen LogP contribution in [-0.4, -0.2) is 27.9 Å². The van der Waals surface area contributed by atoms with Gasteiger partial charge in [-0.3, -0.25) is 9.48 Å². The van der Waals surface area contributed by atoms with E-state index in [9.17, 15) is 4.79 Å². The third kappa shape index (κ3) is 1.67. The molecule has 0 aromatic carbocycles. The van der Waals surface area contributed by atoms with Gasteiger partial charge in [-0.2, -0.15) is 5.10 Å². The summed E-state index contributed by atoms with van der Waals surface area (Å²) in [5.41, 5.74) is 0.778. The molecule has 0 saturated heterocycles. The van der Waals surface area contributed by atoms with Crippen molar-refractivity contribution in [3.63, 3.8) is 0 Å². The number of aryl methyl sites for hydroxylation is 1. The number of nitrogens with one attached hydrogen (secondary N) is 1. The summed E-state index contributed by atoms with van der Waals surface area (Å²) in [5.74, 6) is -0.210. The molecule has 0 radical (unpaired) electrons. The molecule has 1 amide bonds. The highest BCUT2D eigenvalue weighted by atomic mass is 35.5. The number of nitrogens with zero attached hydrogens (tertiary/aromatic N) is 3. The smallest absolute Gasteiger partial charge is 0.276 e. The van der Waals surface area contributed by atoms with Gasteiger partial charge in [0.1, 0.15) is 0 Å². The average molecular weight is 229 g/mol. The van der Waals surface area contributed by atoms with Crippen molar-refractivity contribution in [2.45, 2.75) is 19.0 Å². The van der Waals surface area contributed by atoms with E-state index in [1.807, 2.05) is 11.1 Å². The summed E-state index contributed by atoms with van der Waals surface area (Å²) in [6, 6.07) is 0. The third-order valence-electron chi connectivity index (χ3n) is 2.32. The quantitative estimate of drug-likeness (QED) is 0.605. The molecule has 1 N–H and O–H groups in total. The SMILES string of the molecule is CCCN1c2cn(C)nc2C(=O)NC1Cl. The van der Waals surface area contributed by atoms with Crippen molar-refractivity contribution in [1.29, 1.82) is 0 Å². The van der Waals surface area contributed by atoms with E-state index in [4.69, 9.17) is 11.6 Å². The molecule has 0 spiro atoms. The van der Waals surface area contributed by atoms with Gasteiger partial charge >= 0.3 is 0 Å². The zero-order valence-corrected chi connectivity index (χ0v) is 9.45. The molecule has 0 saturated carbocycles. The summed E-state index contributed by atoms with van der Waals surface area (Å²) in [5, 5.41) is 6.76. The average Bonchev–Trinajstić information content (AvgIpc) is 2.55. The highest BCUT2D eigenvalue weighted by Crippen LogP contribution is 2.26. The molecule has 0 bridgehead atoms. The van der Waals surface area contributed by atoms with Gasteiger partial charge in [-0.15, -0.1) is 0 Å². The summed E-state index contributed by atoms with van der Waals surface area (Å²) >= 11 is 6.05. The molecular formula is C9H13ClN4O. The monoisotopic (exact) mass is 228 g/mol. The molecule has 1 aliphatic heterocycles. The standard InChI is InChI=1S/C9H13ClN4O/c1-3-4-14-6-5-13(2)12-7(6)8(15)11-9(14)10/h5,9H,3-4H2,1-2H3,(H,11,15). The Balaban J connectivity index is 2.41. The molecule has 1 aromatic rings. The maximum absolute atomic E-state index is 11.6. The Bertz CT molecular complexity index is 389. The minimum absolute atomic E-state index is 0.210. The molecule has 1 atom stereocenters. The molecule has 0 fully saturated rings. The molecular weight excluding hydrogens is 216 g/mol. The molecule has 1 unspecified atom stereocenters. The van der Waals surface area contributed by atoms with E-state index in [0.29, 0.717) is 5.69 Å². The first-order valence-corrected chi connectivity index (χ1v) is 5.32. The molecule has 0 aliphatic carbocycles. The lowest BCUT2D eigenvalue weighted by Gasteiger charge is -2.32. The lowest BCUT2D eigenvalue weighted by atomic mass is 10.2. The molecule has 82 valence electrons. The van der Waals surface area contributed by atoms with Crippen molar-refractivity contribution in [1.82, 2.24) is 15.1 Å². The number of alkyl halides is 1. The summed E-state index contributed by atoms with van der Waals surface area (Å²) in [6.07, 6.45) is 2.78. The van der Waals surface area contributed by atoms with Crippen LogP contribution >= 0.6 is 11.6 Å². The van der Waals surface area contributed by atoms with Crippen molar-refractivity contribution < 1.29 is 4.79 Å². The lowest BCUT2D eigenvalue weighted by Crippen LogP contribution is -2.49. The fraction of sp³-hybridized carbons (Fsp3) is 0.556. The Morgan fingerprint density at radius 1 is 1.67 bits per heavy atom. The highest BCUT2D eigenvalue weighted by Gasteiger charge is 2.31. The number of hydrogen-bond acceptors (Lipinski definition) is 3. The van der Waals surface area contributed by atoms with E-state index in [0.717, 1.165) is 18.7 Å². The van der Waals surface area contributed by atoms with Gasteiger partial charge in [0, 0.05) is 19.8 Å². The summed E-state index contributed by atoms with van der Waals surface area (Å²) in [6.45, 7) is 2.86. The van der Waals surface area contributed by atoms with Crippen LogP contribution in [0.2, 0.25) is 0 Å². The predicted molar refractivity (Wildman–Crippen MR) is 58.0 cm³/mol. The molecule has 2 rings (SSSR count). The van der Waals surface area contributed by atoms with Crippen LogP contribution in [0.4, 0.5) is 5.69 Å². The van der Waals surface area contributed by atoms with Gasteiger partial charge in [-0.25, -0.2) is 0 Å². The molecule has 5 nitrogen and oxygen atoms in total. The second-order valence-electron chi connectivity index (χ2n) is 3.54. The largest absolute Gasteiger partial charge is 0.335 e. The van der Waals surface area contributed by atoms with Gasteiger partial charge in [0.2, 0.25) is 0 Å². The van der Waals surface area contributed by atoms with Crippen LogP contribution in [0, 0.1) is 0 Å².